The van der Waals surface area contributed by atoms with Gasteiger partial charge in [0.25, 0.3) is 0 Å². The van der Waals surface area contributed by atoms with Crippen molar-refractivity contribution < 1.29 is 9.50 Å². The third kappa shape index (κ3) is 3.63. The summed E-state index contributed by atoms with van der Waals surface area (Å²) in [4.78, 5) is 0. The summed E-state index contributed by atoms with van der Waals surface area (Å²) in [5.41, 5.74) is 2.00. The van der Waals surface area contributed by atoms with E-state index < -0.39 is 5.54 Å². The van der Waals surface area contributed by atoms with E-state index in [9.17, 15) is 9.50 Å². The second-order valence-corrected chi connectivity index (χ2v) is 8.76. The number of anilines is 1. The van der Waals surface area contributed by atoms with Crippen molar-refractivity contribution in [2.75, 3.05) is 11.9 Å². The van der Waals surface area contributed by atoms with Crippen LogP contribution in [0.5, 0.6) is 0 Å². The maximum atomic E-state index is 13.3. The molecule has 0 radical (unpaired) electrons. The molecule has 1 heterocycles. The summed E-state index contributed by atoms with van der Waals surface area (Å²) >= 11 is 6.56. The maximum absolute atomic E-state index is 13.3. The summed E-state index contributed by atoms with van der Waals surface area (Å²) in [7, 11) is 1.94. The van der Waals surface area contributed by atoms with Crippen LogP contribution in [0.15, 0.2) is 42.5 Å². The highest BCUT2D eigenvalue weighted by molar-refractivity contribution is 6.33. The average Bonchev–Trinajstić information content (AvgIpc) is 3.39. The van der Waals surface area contributed by atoms with Gasteiger partial charge in [0.15, 0.2) is 5.82 Å². The minimum atomic E-state index is -0.448. The SMILES string of the molecule is Cn1c(-c2ccc(NC(C)(C)CO)cc2Cl)nnc1C1(c2ccc(F)cc2)CC1. The van der Waals surface area contributed by atoms with Crippen molar-refractivity contribution in [3.8, 4) is 11.4 Å². The lowest BCUT2D eigenvalue weighted by molar-refractivity contribution is 0.234. The van der Waals surface area contributed by atoms with Crippen LogP contribution in [0.3, 0.4) is 0 Å². The number of aliphatic hydroxyl groups is 1. The maximum Gasteiger partial charge on any atom is 0.165 e. The molecule has 2 N–H and O–H groups in total. The fourth-order valence-electron chi connectivity index (χ4n) is 3.72. The van der Waals surface area contributed by atoms with Gasteiger partial charge in [0.05, 0.1) is 22.6 Å². The quantitative estimate of drug-likeness (QED) is 0.621. The molecule has 1 saturated carbocycles. The zero-order chi connectivity index (χ0) is 20.8. The summed E-state index contributed by atoms with van der Waals surface area (Å²) in [6, 6.07) is 12.3. The van der Waals surface area contributed by atoms with Crippen molar-refractivity contribution in [3.05, 3.63) is 64.7 Å². The van der Waals surface area contributed by atoms with Crippen molar-refractivity contribution >= 4 is 17.3 Å². The first-order valence-corrected chi connectivity index (χ1v) is 9.98. The Kier molecular flexibility index (Phi) is 4.87. The molecule has 1 aliphatic rings. The first kappa shape index (κ1) is 19.9. The van der Waals surface area contributed by atoms with E-state index in [2.05, 4.69) is 15.5 Å². The van der Waals surface area contributed by atoms with Crippen LogP contribution < -0.4 is 5.32 Å². The number of hydrogen-bond acceptors (Lipinski definition) is 4. The third-order valence-electron chi connectivity index (χ3n) is 5.54. The van der Waals surface area contributed by atoms with Crippen LogP contribution in [0.25, 0.3) is 11.4 Å². The smallest absolute Gasteiger partial charge is 0.165 e. The monoisotopic (exact) mass is 414 g/mol. The van der Waals surface area contributed by atoms with Crippen molar-refractivity contribution in [1.82, 2.24) is 14.8 Å². The fourth-order valence-corrected chi connectivity index (χ4v) is 3.99. The van der Waals surface area contributed by atoms with Crippen LogP contribution in [-0.2, 0) is 12.5 Å². The van der Waals surface area contributed by atoms with Crippen molar-refractivity contribution in [1.29, 1.82) is 0 Å². The Hall–Kier alpha value is -2.44. The van der Waals surface area contributed by atoms with Crippen LogP contribution in [0.4, 0.5) is 10.1 Å². The number of aliphatic hydroxyl groups excluding tert-OH is 1. The largest absolute Gasteiger partial charge is 0.394 e. The summed E-state index contributed by atoms with van der Waals surface area (Å²) in [5, 5.41) is 22.1. The second kappa shape index (κ2) is 7.11. The van der Waals surface area contributed by atoms with E-state index in [0.29, 0.717) is 10.8 Å². The van der Waals surface area contributed by atoms with Gasteiger partial charge < -0.3 is 15.0 Å². The lowest BCUT2D eigenvalue weighted by Gasteiger charge is -2.25. The van der Waals surface area contributed by atoms with Crippen LogP contribution in [0, 0.1) is 5.82 Å². The molecule has 29 heavy (non-hydrogen) atoms. The zero-order valence-corrected chi connectivity index (χ0v) is 17.5. The predicted octanol–water partition coefficient (Wildman–Crippen LogP) is 4.54. The van der Waals surface area contributed by atoms with Gasteiger partial charge in [-0.05, 0) is 62.6 Å². The number of hydrogen-bond donors (Lipinski definition) is 2. The van der Waals surface area contributed by atoms with E-state index in [1.807, 2.05) is 55.8 Å². The molecule has 152 valence electrons. The van der Waals surface area contributed by atoms with Gasteiger partial charge in [-0.1, -0.05) is 23.7 Å². The molecule has 0 unspecified atom stereocenters. The van der Waals surface area contributed by atoms with E-state index in [-0.39, 0.29) is 17.8 Å². The lowest BCUT2D eigenvalue weighted by atomic mass is 9.95. The molecule has 3 aromatic rings. The Labute approximate surface area is 174 Å². The van der Waals surface area contributed by atoms with Gasteiger partial charge in [0, 0.05) is 18.3 Å². The van der Waals surface area contributed by atoms with Gasteiger partial charge in [-0.25, -0.2) is 4.39 Å². The Morgan fingerprint density at radius 1 is 1.17 bits per heavy atom. The molecular weight excluding hydrogens is 391 g/mol. The molecular formula is C22H24ClFN4O. The number of rotatable bonds is 6. The third-order valence-corrected chi connectivity index (χ3v) is 5.85. The Balaban J connectivity index is 1.66. The van der Waals surface area contributed by atoms with E-state index in [0.717, 1.165) is 35.5 Å². The van der Waals surface area contributed by atoms with Gasteiger partial charge >= 0.3 is 0 Å². The molecule has 0 saturated heterocycles. The van der Waals surface area contributed by atoms with Gasteiger partial charge in [-0.2, -0.15) is 0 Å². The highest BCUT2D eigenvalue weighted by Gasteiger charge is 2.50. The summed E-state index contributed by atoms with van der Waals surface area (Å²) in [5.74, 6) is 1.30. The van der Waals surface area contributed by atoms with E-state index >= 15 is 0 Å². The van der Waals surface area contributed by atoms with E-state index in [1.165, 1.54) is 12.1 Å². The molecule has 5 nitrogen and oxygen atoms in total. The normalized spacial score (nSPS) is 15.4. The van der Waals surface area contributed by atoms with E-state index in [1.54, 1.807) is 0 Å². The molecule has 1 aromatic heterocycles. The van der Waals surface area contributed by atoms with Crippen LogP contribution in [-0.4, -0.2) is 32.0 Å². The Bertz CT molecular complexity index is 1040. The molecule has 0 amide bonds. The summed E-state index contributed by atoms with van der Waals surface area (Å²) < 4.78 is 15.3. The molecule has 2 aromatic carbocycles. The number of halogens is 2. The standard InChI is InChI=1S/C22H24ClFN4O/c1-21(2,13-29)25-16-8-9-17(18(23)12-16)19-26-27-20(28(19)3)22(10-11-22)14-4-6-15(24)7-5-14/h4-9,12,25,29H,10-11,13H2,1-3H3. The molecule has 0 spiro atoms. The topological polar surface area (TPSA) is 63.0 Å². The Morgan fingerprint density at radius 2 is 1.86 bits per heavy atom. The first-order chi connectivity index (χ1) is 13.8. The molecule has 0 atom stereocenters. The van der Waals surface area contributed by atoms with Gasteiger partial charge in [0.1, 0.15) is 11.6 Å². The lowest BCUT2D eigenvalue weighted by Crippen LogP contribution is -2.34. The van der Waals surface area contributed by atoms with Gasteiger partial charge in [0.2, 0.25) is 0 Å². The van der Waals surface area contributed by atoms with Gasteiger partial charge in [-0.15, -0.1) is 10.2 Å². The minimum absolute atomic E-state index is 0.00445. The van der Waals surface area contributed by atoms with Gasteiger partial charge in [-0.3, -0.25) is 0 Å². The molecule has 1 fully saturated rings. The first-order valence-electron chi connectivity index (χ1n) is 9.61. The van der Waals surface area contributed by atoms with Crippen LogP contribution in [0.1, 0.15) is 38.1 Å². The van der Waals surface area contributed by atoms with Crippen molar-refractivity contribution in [2.24, 2.45) is 7.05 Å². The number of nitrogens with zero attached hydrogens (tertiary/aromatic N) is 3. The summed E-state index contributed by atoms with van der Waals surface area (Å²) in [6.07, 6.45) is 1.91. The predicted molar refractivity (Wildman–Crippen MR) is 113 cm³/mol. The minimum Gasteiger partial charge on any atom is -0.394 e. The molecule has 7 heteroatoms. The number of benzene rings is 2. The fraction of sp³-hybridized carbons (Fsp3) is 0.364. The molecule has 4 rings (SSSR count). The van der Waals surface area contributed by atoms with E-state index in [4.69, 9.17) is 11.6 Å². The Morgan fingerprint density at radius 3 is 2.45 bits per heavy atom. The molecule has 1 aliphatic carbocycles. The van der Waals surface area contributed by atoms with Crippen LogP contribution in [0.2, 0.25) is 5.02 Å². The average molecular weight is 415 g/mol. The van der Waals surface area contributed by atoms with Crippen LogP contribution >= 0.6 is 11.6 Å². The molecule has 0 bridgehead atoms. The zero-order valence-electron chi connectivity index (χ0n) is 16.7. The molecule has 0 aliphatic heterocycles. The van der Waals surface area contributed by atoms with Crippen molar-refractivity contribution in [2.45, 2.75) is 37.6 Å². The number of aromatic nitrogens is 3. The second-order valence-electron chi connectivity index (χ2n) is 8.36. The van der Waals surface area contributed by atoms with Crippen molar-refractivity contribution in [3.63, 3.8) is 0 Å². The number of nitrogens with one attached hydrogen (secondary N) is 1. The highest BCUT2D eigenvalue weighted by Crippen LogP contribution is 2.53. The highest BCUT2D eigenvalue weighted by atomic mass is 35.5. The summed E-state index contributed by atoms with van der Waals surface area (Å²) in [6.45, 7) is 3.83.